The lowest BCUT2D eigenvalue weighted by molar-refractivity contribution is 0.0720. The van der Waals surface area contributed by atoms with Crippen molar-refractivity contribution < 1.29 is 5.11 Å². The van der Waals surface area contributed by atoms with Gasteiger partial charge in [-0.2, -0.15) is 0 Å². The van der Waals surface area contributed by atoms with E-state index in [1.807, 2.05) is 25.1 Å². The van der Waals surface area contributed by atoms with Crippen LogP contribution in [-0.4, -0.2) is 35.9 Å². The molecule has 1 aromatic rings. The monoisotopic (exact) mass is 312 g/mol. The van der Waals surface area contributed by atoms with E-state index in [9.17, 15) is 5.11 Å². The van der Waals surface area contributed by atoms with Crippen LogP contribution in [0.25, 0.3) is 0 Å². The highest BCUT2D eigenvalue weighted by molar-refractivity contribution is 9.10. The van der Waals surface area contributed by atoms with Gasteiger partial charge in [0.1, 0.15) is 0 Å². The van der Waals surface area contributed by atoms with Crippen molar-refractivity contribution in [3.05, 3.63) is 28.7 Å². The van der Waals surface area contributed by atoms with Gasteiger partial charge in [-0.05, 0) is 48.8 Å². The zero-order valence-corrected chi connectivity index (χ0v) is 12.8. The summed E-state index contributed by atoms with van der Waals surface area (Å²) in [5, 5.41) is 13.7. The van der Waals surface area contributed by atoms with E-state index >= 15 is 0 Å². The molecule has 2 N–H and O–H groups in total. The van der Waals surface area contributed by atoms with Crippen molar-refractivity contribution in [2.75, 3.05) is 24.5 Å². The first-order valence-electron chi connectivity index (χ1n) is 6.27. The topological polar surface area (TPSA) is 35.5 Å². The van der Waals surface area contributed by atoms with Crippen LogP contribution in [0.5, 0.6) is 0 Å². The fourth-order valence-corrected chi connectivity index (χ4v) is 2.92. The lowest BCUT2D eigenvalue weighted by Gasteiger charge is -2.41. The van der Waals surface area contributed by atoms with Crippen LogP contribution in [0.2, 0.25) is 0 Å². The van der Waals surface area contributed by atoms with Crippen LogP contribution in [0, 0.1) is 0 Å². The zero-order valence-electron chi connectivity index (χ0n) is 11.2. The number of hydrogen-bond donors (Lipinski definition) is 2. The van der Waals surface area contributed by atoms with Crippen LogP contribution < -0.4 is 10.2 Å². The molecule has 0 bridgehead atoms. The SMILES string of the molecule is CC1(O)CNCC(C)(C)N(c2ccccc2Br)C1. The first-order chi connectivity index (χ1) is 8.32. The minimum Gasteiger partial charge on any atom is -0.387 e. The number of nitrogens with zero attached hydrogens (tertiary/aromatic N) is 1. The molecule has 3 nitrogen and oxygen atoms in total. The molecule has 0 amide bonds. The number of β-amino-alcohol motifs (C(OH)–C–C–N with tert-alkyl or cyclic N) is 1. The molecule has 0 aromatic heterocycles. The second kappa shape index (κ2) is 4.83. The molecule has 1 aliphatic heterocycles. The van der Waals surface area contributed by atoms with Crippen molar-refractivity contribution in [2.45, 2.75) is 31.9 Å². The average Bonchev–Trinajstić information content (AvgIpc) is 2.36. The highest BCUT2D eigenvalue weighted by Crippen LogP contribution is 2.33. The first-order valence-corrected chi connectivity index (χ1v) is 7.06. The van der Waals surface area contributed by atoms with Crippen LogP contribution in [0.1, 0.15) is 20.8 Å². The Morgan fingerprint density at radius 1 is 1.22 bits per heavy atom. The van der Waals surface area contributed by atoms with Crippen molar-refractivity contribution in [3.8, 4) is 0 Å². The van der Waals surface area contributed by atoms with E-state index in [-0.39, 0.29) is 5.54 Å². The van der Waals surface area contributed by atoms with Gasteiger partial charge in [0.25, 0.3) is 0 Å². The van der Waals surface area contributed by atoms with E-state index < -0.39 is 5.60 Å². The van der Waals surface area contributed by atoms with Crippen LogP contribution in [0.3, 0.4) is 0 Å². The fourth-order valence-electron chi connectivity index (χ4n) is 2.43. The molecule has 1 unspecified atom stereocenters. The maximum absolute atomic E-state index is 10.4. The molecule has 1 atom stereocenters. The van der Waals surface area contributed by atoms with Gasteiger partial charge in [-0.25, -0.2) is 0 Å². The number of para-hydroxylation sites is 1. The summed E-state index contributed by atoms with van der Waals surface area (Å²) in [6, 6.07) is 8.17. The molecule has 1 saturated heterocycles. The number of nitrogens with one attached hydrogen (secondary N) is 1. The van der Waals surface area contributed by atoms with Gasteiger partial charge < -0.3 is 15.3 Å². The van der Waals surface area contributed by atoms with Gasteiger partial charge in [-0.15, -0.1) is 0 Å². The molecule has 2 rings (SSSR count). The predicted molar refractivity (Wildman–Crippen MR) is 79.1 cm³/mol. The Hall–Kier alpha value is -0.580. The average molecular weight is 313 g/mol. The number of hydrogen-bond acceptors (Lipinski definition) is 3. The highest BCUT2D eigenvalue weighted by Gasteiger charge is 2.37. The molecule has 0 aliphatic carbocycles. The lowest BCUT2D eigenvalue weighted by Crippen LogP contribution is -2.51. The van der Waals surface area contributed by atoms with Gasteiger partial charge >= 0.3 is 0 Å². The Bertz CT molecular complexity index is 432. The van der Waals surface area contributed by atoms with E-state index in [2.05, 4.69) is 46.1 Å². The molecule has 1 aromatic carbocycles. The molecular weight excluding hydrogens is 292 g/mol. The molecule has 18 heavy (non-hydrogen) atoms. The minimum atomic E-state index is -0.719. The van der Waals surface area contributed by atoms with Crippen molar-refractivity contribution in [1.82, 2.24) is 5.32 Å². The largest absolute Gasteiger partial charge is 0.387 e. The lowest BCUT2D eigenvalue weighted by atomic mass is 10.00. The first kappa shape index (κ1) is 13.8. The molecule has 4 heteroatoms. The Labute approximate surface area is 117 Å². The standard InChI is InChI=1S/C14H21BrN2O/c1-13(2)8-16-9-14(3,18)10-17(13)12-7-5-4-6-11(12)15/h4-7,16,18H,8-10H2,1-3H3. The summed E-state index contributed by atoms with van der Waals surface area (Å²) in [4.78, 5) is 2.27. The number of rotatable bonds is 1. The van der Waals surface area contributed by atoms with Gasteiger partial charge in [0.15, 0.2) is 0 Å². The fraction of sp³-hybridized carbons (Fsp3) is 0.571. The Morgan fingerprint density at radius 3 is 2.56 bits per heavy atom. The molecule has 1 fully saturated rings. The third kappa shape index (κ3) is 2.87. The summed E-state index contributed by atoms with van der Waals surface area (Å²) in [6.07, 6.45) is 0. The summed E-state index contributed by atoms with van der Waals surface area (Å²) in [7, 11) is 0. The molecule has 100 valence electrons. The number of aliphatic hydroxyl groups is 1. The second-order valence-electron chi connectivity index (χ2n) is 5.95. The summed E-state index contributed by atoms with van der Waals surface area (Å²) in [6.45, 7) is 8.37. The summed E-state index contributed by atoms with van der Waals surface area (Å²) >= 11 is 3.60. The van der Waals surface area contributed by atoms with Crippen molar-refractivity contribution in [2.24, 2.45) is 0 Å². The van der Waals surface area contributed by atoms with Crippen LogP contribution in [-0.2, 0) is 0 Å². The maximum atomic E-state index is 10.4. The van der Waals surface area contributed by atoms with Gasteiger partial charge in [0.2, 0.25) is 0 Å². The molecule has 1 aliphatic rings. The third-order valence-electron chi connectivity index (χ3n) is 3.44. The Morgan fingerprint density at radius 2 is 1.89 bits per heavy atom. The van der Waals surface area contributed by atoms with Crippen LogP contribution in [0.4, 0.5) is 5.69 Å². The van der Waals surface area contributed by atoms with E-state index in [1.54, 1.807) is 0 Å². The van der Waals surface area contributed by atoms with Crippen molar-refractivity contribution in [1.29, 1.82) is 0 Å². The van der Waals surface area contributed by atoms with E-state index in [4.69, 9.17) is 0 Å². The summed E-state index contributed by atoms with van der Waals surface area (Å²) in [5.74, 6) is 0. The minimum absolute atomic E-state index is 0.0373. The highest BCUT2D eigenvalue weighted by atomic mass is 79.9. The molecule has 0 spiro atoms. The Kier molecular flexibility index (Phi) is 3.72. The van der Waals surface area contributed by atoms with Crippen LogP contribution >= 0.6 is 15.9 Å². The summed E-state index contributed by atoms with van der Waals surface area (Å²) in [5.41, 5.74) is 0.374. The van der Waals surface area contributed by atoms with Crippen molar-refractivity contribution in [3.63, 3.8) is 0 Å². The van der Waals surface area contributed by atoms with Gasteiger partial charge in [-0.3, -0.25) is 0 Å². The molecular formula is C14H21BrN2O. The quantitative estimate of drug-likeness (QED) is 0.836. The molecule has 0 saturated carbocycles. The Balaban J connectivity index is 2.41. The van der Waals surface area contributed by atoms with Gasteiger partial charge in [0, 0.05) is 29.6 Å². The van der Waals surface area contributed by atoms with E-state index in [0.717, 1.165) is 16.7 Å². The number of halogens is 1. The maximum Gasteiger partial charge on any atom is 0.0917 e. The smallest absolute Gasteiger partial charge is 0.0917 e. The van der Waals surface area contributed by atoms with Gasteiger partial charge in [-0.1, -0.05) is 12.1 Å². The summed E-state index contributed by atoms with van der Waals surface area (Å²) < 4.78 is 1.07. The normalized spacial score (nSPS) is 27.9. The van der Waals surface area contributed by atoms with E-state index in [0.29, 0.717) is 13.1 Å². The second-order valence-corrected chi connectivity index (χ2v) is 6.80. The number of benzene rings is 1. The zero-order chi connectivity index (χ0) is 13.4. The molecule has 1 heterocycles. The predicted octanol–water partition coefficient (Wildman–Crippen LogP) is 2.39. The van der Waals surface area contributed by atoms with Gasteiger partial charge in [0.05, 0.1) is 11.3 Å². The third-order valence-corrected chi connectivity index (χ3v) is 4.11. The number of anilines is 1. The van der Waals surface area contributed by atoms with E-state index in [1.165, 1.54) is 0 Å². The van der Waals surface area contributed by atoms with Crippen LogP contribution in [0.15, 0.2) is 28.7 Å². The van der Waals surface area contributed by atoms with Crippen molar-refractivity contribution >= 4 is 21.6 Å². The molecule has 0 radical (unpaired) electrons.